The molecule has 18 heavy (non-hydrogen) atoms. The summed E-state index contributed by atoms with van der Waals surface area (Å²) >= 11 is 5.50. The van der Waals surface area contributed by atoms with E-state index in [0.29, 0.717) is 6.07 Å². The third-order valence-electron chi connectivity index (χ3n) is 1.87. The zero-order chi connectivity index (χ0) is 13.9. The number of halogens is 3. The first-order valence-electron chi connectivity index (χ1n) is 4.68. The molecular formula is C9H7ClF2N2O4. The van der Waals surface area contributed by atoms with E-state index in [1.165, 1.54) is 6.92 Å². The molecule has 0 spiro atoms. The first-order valence-corrected chi connectivity index (χ1v) is 5.06. The van der Waals surface area contributed by atoms with Crippen LogP contribution < -0.4 is 0 Å². The second kappa shape index (κ2) is 5.67. The minimum absolute atomic E-state index is 0.0388. The molecule has 0 aliphatic carbocycles. The van der Waals surface area contributed by atoms with Crippen LogP contribution in [0.3, 0.4) is 0 Å². The van der Waals surface area contributed by atoms with Crippen molar-refractivity contribution in [2.24, 2.45) is 0 Å². The van der Waals surface area contributed by atoms with E-state index in [9.17, 15) is 23.7 Å². The highest BCUT2D eigenvalue weighted by molar-refractivity contribution is 6.33. The van der Waals surface area contributed by atoms with Crippen LogP contribution in [0.25, 0.3) is 0 Å². The molecule has 0 unspecified atom stereocenters. The number of aromatic nitrogens is 1. The fourth-order valence-electron chi connectivity index (χ4n) is 1.17. The number of nitrogens with zero attached hydrogens (tertiary/aromatic N) is 2. The van der Waals surface area contributed by atoms with Gasteiger partial charge in [0.2, 0.25) is 0 Å². The van der Waals surface area contributed by atoms with E-state index < -0.39 is 39.4 Å². The third kappa shape index (κ3) is 2.89. The Morgan fingerprint density at radius 3 is 2.72 bits per heavy atom. The van der Waals surface area contributed by atoms with Crippen LogP contribution in [-0.2, 0) is 4.74 Å². The van der Waals surface area contributed by atoms with Gasteiger partial charge in [-0.2, -0.15) is 0 Å². The molecule has 0 saturated heterocycles. The van der Waals surface area contributed by atoms with E-state index in [4.69, 9.17) is 11.6 Å². The van der Waals surface area contributed by atoms with Gasteiger partial charge in [-0.05, 0) is 6.92 Å². The summed E-state index contributed by atoms with van der Waals surface area (Å²) in [7, 11) is 0. The number of alkyl halides is 2. The normalized spacial score (nSPS) is 10.5. The van der Waals surface area contributed by atoms with Gasteiger partial charge in [-0.15, -0.1) is 0 Å². The van der Waals surface area contributed by atoms with Gasteiger partial charge in [-0.3, -0.25) is 10.1 Å². The number of ether oxygens (including phenoxy) is 1. The Morgan fingerprint density at radius 2 is 2.28 bits per heavy atom. The van der Waals surface area contributed by atoms with Crippen LogP contribution in [0, 0.1) is 10.1 Å². The average Bonchev–Trinajstić information content (AvgIpc) is 2.27. The van der Waals surface area contributed by atoms with Crippen LogP contribution >= 0.6 is 11.6 Å². The number of pyridine rings is 1. The molecule has 1 rings (SSSR count). The van der Waals surface area contributed by atoms with Crippen LogP contribution in [-0.4, -0.2) is 22.5 Å². The van der Waals surface area contributed by atoms with Crippen molar-refractivity contribution in [3.05, 3.63) is 32.6 Å². The van der Waals surface area contributed by atoms with Gasteiger partial charge in [0.15, 0.2) is 10.7 Å². The highest BCUT2D eigenvalue weighted by atomic mass is 35.5. The molecule has 1 heterocycles. The molecule has 0 fully saturated rings. The van der Waals surface area contributed by atoms with Gasteiger partial charge in [0.25, 0.3) is 12.1 Å². The molecular weight excluding hydrogens is 274 g/mol. The highest BCUT2D eigenvalue weighted by Gasteiger charge is 2.29. The SMILES string of the molecule is CCOC(=O)c1c([N+](=O)[O-])cc(C(F)F)nc1Cl. The topological polar surface area (TPSA) is 82.3 Å². The fraction of sp³-hybridized carbons (Fsp3) is 0.333. The zero-order valence-electron chi connectivity index (χ0n) is 9.02. The van der Waals surface area contributed by atoms with Gasteiger partial charge in [-0.1, -0.05) is 11.6 Å². The van der Waals surface area contributed by atoms with Gasteiger partial charge >= 0.3 is 5.97 Å². The number of rotatable bonds is 4. The summed E-state index contributed by atoms with van der Waals surface area (Å²) < 4.78 is 29.4. The van der Waals surface area contributed by atoms with Crippen molar-refractivity contribution >= 4 is 23.3 Å². The maximum atomic E-state index is 12.4. The van der Waals surface area contributed by atoms with Crippen molar-refractivity contribution in [3.63, 3.8) is 0 Å². The van der Waals surface area contributed by atoms with Crippen LogP contribution in [0.1, 0.15) is 29.4 Å². The number of esters is 1. The van der Waals surface area contributed by atoms with Crippen LogP contribution in [0.5, 0.6) is 0 Å². The Labute approximate surface area is 105 Å². The molecule has 6 nitrogen and oxygen atoms in total. The number of carbonyl (C=O) groups is 1. The minimum Gasteiger partial charge on any atom is -0.462 e. The molecule has 0 aliphatic heterocycles. The number of hydrogen-bond acceptors (Lipinski definition) is 5. The standard InChI is InChI=1S/C9H7ClF2N2O4/c1-2-18-9(15)6-5(14(16)17)3-4(8(11)12)13-7(6)10/h3,8H,2H2,1H3. The van der Waals surface area contributed by atoms with Crippen molar-refractivity contribution in [2.45, 2.75) is 13.3 Å². The summed E-state index contributed by atoms with van der Waals surface area (Å²) in [5.41, 5.74) is -2.36. The summed E-state index contributed by atoms with van der Waals surface area (Å²) in [6.45, 7) is 1.45. The zero-order valence-corrected chi connectivity index (χ0v) is 9.78. The number of hydrogen-bond donors (Lipinski definition) is 0. The maximum absolute atomic E-state index is 12.4. The monoisotopic (exact) mass is 280 g/mol. The molecule has 0 radical (unpaired) electrons. The second-order valence-electron chi connectivity index (χ2n) is 3.01. The Bertz CT molecular complexity index is 496. The second-order valence-corrected chi connectivity index (χ2v) is 3.37. The van der Waals surface area contributed by atoms with E-state index in [1.54, 1.807) is 0 Å². The van der Waals surface area contributed by atoms with Crippen molar-refractivity contribution in [3.8, 4) is 0 Å². The van der Waals surface area contributed by atoms with Crippen LogP contribution in [0.15, 0.2) is 6.07 Å². The van der Waals surface area contributed by atoms with E-state index in [1.807, 2.05) is 0 Å². The van der Waals surface area contributed by atoms with E-state index in [-0.39, 0.29) is 6.61 Å². The molecule has 0 saturated carbocycles. The lowest BCUT2D eigenvalue weighted by molar-refractivity contribution is -0.385. The predicted molar refractivity (Wildman–Crippen MR) is 56.8 cm³/mol. The molecule has 0 N–H and O–H groups in total. The first kappa shape index (κ1) is 14.2. The molecule has 0 aromatic carbocycles. The van der Waals surface area contributed by atoms with Gasteiger partial charge in [-0.25, -0.2) is 18.6 Å². The Kier molecular flexibility index (Phi) is 4.49. The smallest absolute Gasteiger partial charge is 0.348 e. The van der Waals surface area contributed by atoms with Crippen molar-refractivity contribution < 1.29 is 23.2 Å². The molecule has 0 aliphatic rings. The van der Waals surface area contributed by atoms with Gasteiger partial charge < -0.3 is 4.74 Å². The molecule has 0 atom stereocenters. The Balaban J connectivity index is 3.41. The van der Waals surface area contributed by atoms with Crippen LogP contribution in [0.2, 0.25) is 5.15 Å². The summed E-state index contributed by atoms with van der Waals surface area (Å²) in [5.74, 6) is -1.08. The molecule has 1 aromatic heterocycles. The lowest BCUT2D eigenvalue weighted by atomic mass is 10.2. The summed E-state index contributed by atoms with van der Waals surface area (Å²) in [4.78, 5) is 24.4. The third-order valence-corrected chi connectivity index (χ3v) is 2.15. The largest absolute Gasteiger partial charge is 0.462 e. The van der Waals surface area contributed by atoms with Crippen molar-refractivity contribution in [2.75, 3.05) is 6.61 Å². The molecule has 9 heteroatoms. The quantitative estimate of drug-likeness (QED) is 0.366. The molecule has 0 amide bonds. The predicted octanol–water partition coefficient (Wildman–Crippen LogP) is 2.76. The minimum atomic E-state index is -3.03. The lowest BCUT2D eigenvalue weighted by Crippen LogP contribution is -2.11. The first-order chi connectivity index (χ1) is 8.38. The van der Waals surface area contributed by atoms with Crippen molar-refractivity contribution in [1.82, 2.24) is 4.98 Å². The summed E-state index contributed by atoms with van der Waals surface area (Å²) in [6, 6.07) is 0.503. The lowest BCUT2D eigenvalue weighted by Gasteiger charge is -2.06. The Morgan fingerprint density at radius 1 is 1.67 bits per heavy atom. The van der Waals surface area contributed by atoms with Gasteiger partial charge in [0.05, 0.1) is 11.5 Å². The molecule has 0 bridgehead atoms. The van der Waals surface area contributed by atoms with E-state index in [2.05, 4.69) is 9.72 Å². The van der Waals surface area contributed by atoms with Crippen molar-refractivity contribution in [1.29, 1.82) is 0 Å². The fourth-order valence-corrected chi connectivity index (χ4v) is 1.44. The summed E-state index contributed by atoms with van der Waals surface area (Å²) in [6.07, 6.45) is -3.03. The maximum Gasteiger partial charge on any atom is 0.348 e. The molecule has 98 valence electrons. The van der Waals surface area contributed by atoms with Gasteiger partial charge in [0, 0.05) is 6.07 Å². The molecule has 1 aromatic rings. The average molecular weight is 281 g/mol. The Hall–Kier alpha value is -1.83. The number of carbonyl (C=O) groups excluding carboxylic acids is 1. The van der Waals surface area contributed by atoms with Gasteiger partial charge in [0.1, 0.15) is 5.69 Å². The van der Waals surface area contributed by atoms with E-state index in [0.717, 1.165) is 0 Å². The van der Waals surface area contributed by atoms with Crippen LogP contribution in [0.4, 0.5) is 14.5 Å². The van der Waals surface area contributed by atoms with E-state index >= 15 is 0 Å². The summed E-state index contributed by atoms with van der Waals surface area (Å²) in [5, 5.41) is 10.0. The number of nitro groups is 1. The highest BCUT2D eigenvalue weighted by Crippen LogP contribution is 2.30.